The van der Waals surface area contributed by atoms with Crippen LogP contribution in [0.25, 0.3) is 0 Å². The maximum Gasteiger partial charge on any atom is 0.344 e. The minimum absolute atomic E-state index is 0.00652. The van der Waals surface area contributed by atoms with Crippen molar-refractivity contribution in [2.24, 2.45) is 0 Å². The molecule has 3 aromatic carbocycles. The molecule has 0 amide bonds. The topological polar surface area (TPSA) is 86.5 Å². The molecule has 0 aliphatic carbocycles. The minimum atomic E-state index is -0.524. The number of ketones is 1. The zero-order valence-electron chi connectivity index (χ0n) is 15.5. The summed E-state index contributed by atoms with van der Waals surface area (Å²) in [6, 6.07) is 19.5. The smallest absolute Gasteiger partial charge is 0.344 e. The first-order valence-corrected chi connectivity index (χ1v) is 9.66. The van der Waals surface area contributed by atoms with Crippen LogP contribution in [0.3, 0.4) is 0 Å². The predicted octanol–water partition coefficient (Wildman–Crippen LogP) is 5.56. The van der Waals surface area contributed by atoms with Crippen LogP contribution in [0.2, 0.25) is 0 Å². The highest BCUT2D eigenvalue weighted by Crippen LogP contribution is 2.32. The number of benzene rings is 3. The van der Waals surface area contributed by atoms with Gasteiger partial charge in [-0.05, 0) is 48.5 Å². The lowest BCUT2D eigenvalue weighted by molar-refractivity contribution is -0.384. The van der Waals surface area contributed by atoms with Crippen LogP contribution < -0.4 is 4.74 Å². The molecule has 0 bridgehead atoms. The molecule has 0 saturated heterocycles. The highest BCUT2D eigenvalue weighted by Gasteiger charge is 2.15. The van der Waals surface area contributed by atoms with Crippen LogP contribution in [0.1, 0.15) is 34.1 Å². The van der Waals surface area contributed by atoms with Crippen LogP contribution in [-0.2, 0) is 0 Å². The second-order valence-corrected chi connectivity index (χ2v) is 7.16. The van der Waals surface area contributed by atoms with Crippen molar-refractivity contribution in [1.82, 2.24) is 0 Å². The van der Waals surface area contributed by atoms with E-state index in [0.717, 1.165) is 4.90 Å². The Kier molecular flexibility index (Phi) is 6.41. The number of nitro groups is 1. The molecule has 0 aliphatic heterocycles. The average molecular weight is 407 g/mol. The number of carbonyl (C=O) groups is 2. The number of rotatable bonds is 7. The number of Topliss-reactive ketones (excluding diaryl/α,β-unsaturated/α-hetero) is 1. The fourth-order valence-electron chi connectivity index (χ4n) is 2.56. The Labute approximate surface area is 171 Å². The summed E-state index contributed by atoms with van der Waals surface area (Å²) in [6.07, 6.45) is 0.409. The zero-order valence-corrected chi connectivity index (χ0v) is 16.3. The van der Waals surface area contributed by atoms with Gasteiger partial charge in [0.25, 0.3) is 5.69 Å². The van der Waals surface area contributed by atoms with Gasteiger partial charge < -0.3 is 4.74 Å². The van der Waals surface area contributed by atoms with E-state index in [4.69, 9.17) is 4.74 Å². The number of nitrogens with zero attached hydrogens (tertiary/aromatic N) is 1. The van der Waals surface area contributed by atoms with Crippen LogP contribution in [0.4, 0.5) is 5.69 Å². The molecule has 0 aliphatic rings. The van der Waals surface area contributed by atoms with E-state index in [1.165, 1.54) is 23.9 Å². The molecule has 0 saturated carbocycles. The fourth-order valence-corrected chi connectivity index (χ4v) is 3.50. The van der Waals surface area contributed by atoms with Gasteiger partial charge in [0, 0.05) is 33.9 Å². The zero-order chi connectivity index (χ0) is 20.8. The van der Waals surface area contributed by atoms with Crippen molar-refractivity contribution in [3.63, 3.8) is 0 Å². The van der Waals surface area contributed by atoms with E-state index in [1.54, 1.807) is 67.6 Å². The lowest BCUT2D eigenvalue weighted by atomic mass is 10.1. The van der Waals surface area contributed by atoms with Gasteiger partial charge in [-0.25, -0.2) is 4.79 Å². The molecule has 3 rings (SSSR count). The summed E-state index contributed by atoms with van der Waals surface area (Å²) >= 11 is 1.31. The Balaban J connectivity index is 1.76. The molecule has 29 heavy (non-hydrogen) atoms. The molecule has 0 spiro atoms. The largest absolute Gasteiger partial charge is 0.423 e. The second-order valence-electron chi connectivity index (χ2n) is 6.04. The number of non-ortho nitro benzene ring substituents is 1. The summed E-state index contributed by atoms with van der Waals surface area (Å²) in [6.45, 7) is 1.79. The Bertz CT molecular complexity index is 1050. The molecule has 0 radical (unpaired) electrons. The van der Waals surface area contributed by atoms with Crippen LogP contribution in [0.5, 0.6) is 5.75 Å². The third-order valence-corrected chi connectivity index (χ3v) is 5.17. The summed E-state index contributed by atoms with van der Waals surface area (Å²) in [4.78, 5) is 36.1. The third-order valence-electron chi connectivity index (χ3n) is 4.09. The summed E-state index contributed by atoms with van der Waals surface area (Å²) in [5, 5.41) is 10.8. The first-order chi connectivity index (χ1) is 14.0. The molecule has 7 heteroatoms. The van der Waals surface area contributed by atoms with E-state index in [-0.39, 0.29) is 11.5 Å². The van der Waals surface area contributed by atoms with Crippen LogP contribution in [0.15, 0.2) is 82.6 Å². The van der Waals surface area contributed by atoms with Crippen LogP contribution in [0, 0.1) is 10.1 Å². The van der Waals surface area contributed by atoms with E-state index in [1.807, 2.05) is 0 Å². The van der Waals surface area contributed by atoms with Gasteiger partial charge in [0.2, 0.25) is 0 Å². The number of ether oxygens (including phenoxy) is 1. The summed E-state index contributed by atoms with van der Waals surface area (Å²) in [7, 11) is 0. The maximum atomic E-state index is 12.7. The molecule has 146 valence electrons. The SMILES string of the molecule is CCC(=O)c1ccc(OC(=O)c2ccccc2Sc2ccc([N+](=O)[O-])cc2)cc1. The molecule has 0 fully saturated rings. The number of esters is 1. The van der Waals surface area contributed by atoms with Gasteiger partial charge in [0.05, 0.1) is 10.5 Å². The lowest BCUT2D eigenvalue weighted by Gasteiger charge is -2.09. The molecular formula is C22H17NO5S. The van der Waals surface area contributed by atoms with Gasteiger partial charge in [0.1, 0.15) is 5.75 Å². The molecule has 0 heterocycles. The molecule has 0 aromatic heterocycles. The Morgan fingerprint density at radius 1 is 0.966 bits per heavy atom. The lowest BCUT2D eigenvalue weighted by Crippen LogP contribution is -2.10. The van der Waals surface area contributed by atoms with E-state index in [0.29, 0.717) is 28.2 Å². The minimum Gasteiger partial charge on any atom is -0.423 e. The Hall–Kier alpha value is -3.45. The maximum absolute atomic E-state index is 12.7. The van der Waals surface area contributed by atoms with E-state index < -0.39 is 10.9 Å². The van der Waals surface area contributed by atoms with Gasteiger partial charge in [-0.15, -0.1) is 0 Å². The third kappa shape index (κ3) is 5.08. The predicted molar refractivity (Wildman–Crippen MR) is 110 cm³/mol. The first kappa shape index (κ1) is 20.3. The highest BCUT2D eigenvalue weighted by atomic mass is 32.2. The van der Waals surface area contributed by atoms with Gasteiger partial charge in [-0.3, -0.25) is 14.9 Å². The van der Waals surface area contributed by atoms with Crippen molar-refractivity contribution < 1.29 is 19.2 Å². The highest BCUT2D eigenvalue weighted by molar-refractivity contribution is 7.99. The molecule has 0 N–H and O–H groups in total. The van der Waals surface area contributed by atoms with Crippen molar-refractivity contribution >= 4 is 29.2 Å². The van der Waals surface area contributed by atoms with E-state index >= 15 is 0 Å². The van der Waals surface area contributed by atoms with Crippen molar-refractivity contribution in [1.29, 1.82) is 0 Å². The summed E-state index contributed by atoms with van der Waals surface area (Å²) < 4.78 is 5.44. The Morgan fingerprint density at radius 3 is 2.24 bits per heavy atom. The second kappa shape index (κ2) is 9.16. The normalized spacial score (nSPS) is 10.4. The van der Waals surface area contributed by atoms with E-state index in [9.17, 15) is 19.7 Å². The Morgan fingerprint density at radius 2 is 1.62 bits per heavy atom. The molecule has 3 aromatic rings. The summed E-state index contributed by atoms with van der Waals surface area (Å²) in [5.41, 5.74) is 0.957. The van der Waals surface area contributed by atoms with Crippen molar-refractivity contribution in [2.75, 3.05) is 0 Å². The van der Waals surface area contributed by atoms with Gasteiger partial charge in [-0.1, -0.05) is 30.8 Å². The standard InChI is InChI=1S/C22H17NO5S/c1-2-20(24)15-7-11-17(12-8-15)28-22(25)19-5-3-4-6-21(19)29-18-13-9-16(10-14-18)23(26)27/h3-14H,2H2,1H3. The van der Waals surface area contributed by atoms with Crippen molar-refractivity contribution in [2.45, 2.75) is 23.1 Å². The fraction of sp³-hybridized carbons (Fsp3) is 0.0909. The average Bonchev–Trinajstić information content (AvgIpc) is 2.74. The van der Waals surface area contributed by atoms with Crippen LogP contribution in [-0.4, -0.2) is 16.7 Å². The monoisotopic (exact) mass is 407 g/mol. The van der Waals surface area contributed by atoms with Gasteiger partial charge >= 0.3 is 5.97 Å². The number of carbonyl (C=O) groups excluding carboxylic acids is 2. The first-order valence-electron chi connectivity index (χ1n) is 8.84. The number of nitro benzene ring substituents is 1. The molecule has 0 unspecified atom stereocenters. The van der Waals surface area contributed by atoms with Gasteiger partial charge in [0.15, 0.2) is 5.78 Å². The quantitative estimate of drug-likeness (QED) is 0.168. The molecule has 0 atom stereocenters. The van der Waals surface area contributed by atoms with Gasteiger partial charge in [-0.2, -0.15) is 0 Å². The van der Waals surface area contributed by atoms with Crippen molar-refractivity contribution in [3.8, 4) is 5.75 Å². The molecular weight excluding hydrogens is 390 g/mol. The van der Waals surface area contributed by atoms with Crippen LogP contribution >= 0.6 is 11.8 Å². The number of hydrogen-bond acceptors (Lipinski definition) is 6. The number of hydrogen-bond donors (Lipinski definition) is 0. The van der Waals surface area contributed by atoms with Crippen molar-refractivity contribution in [3.05, 3.63) is 94.0 Å². The molecule has 6 nitrogen and oxygen atoms in total. The van der Waals surface area contributed by atoms with E-state index in [2.05, 4.69) is 0 Å². The summed E-state index contributed by atoms with van der Waals surface area (Å²) in [5.74, 6) is -0.157.